The van der Waals surface area contributed by atoms with Crippen molar-refractivity contribution in [3.8, 4) is 0 Å². The number of fused-ring (bicyclic) bond motifs is 2. The first-order valence-electron chi connectivity index (χ1n) is 10.6. The first-order valence-corrected chi connectivity index (χ1v) is 10.6. The van der Waals surface area contributed by atoms with Crippen molar-refractivity contribution in [3.63, 3.8) is 0 Å². The SMILES string of the molecule is CC(C)C1=C2C3=CC=C(CNc4ccccc4)C[C@@H]4O[C@@]34CC[C@@]2(C)CC1. The summed E-state index contributed by atoms with van der Waals surface area (Å²) >= 11 is 0. The van der Waals surface area contributed by atoms with E-state index in [1.165, 1.54) is 42.5 Å². The number of epoxide rings is 1. The maximum absolute atomic E-state index is 6.44. The van der Waals surface area contributed by atoms with Gasteiger partial charge in [-0.05, 0) is 72.3 Å². The number of ether oxygens (including phenoxy) is 1. The highest BCUT2D eigenvalue weighted by molar-refractivity contribution is 5.57. The van der Waals surface area contributed by atoms with Crippen LogP contribution in [0.2, 0.25) is 0 Å². The minimum Gasteiger partial charge on any atom is -0.381 e. The Morgan fingerprint density at radius 2 is 1.93 bits per heavy atom. The number of rotatable bonds is 4. The first-order chi connectivity index (χ1) is 13.0. The Morgan fingerprint density at radius 1 is 1.11 bits per heavy atom. The molecule has 27 heavy (non-hydrogen) atoms. The molecule has 1 aromatic rings. The van der Waals surface area contributed by atoms with Gasteiger partial charge >= 0.3 is 0 Å². The Bertz CT molecular complexity index is 846. The Kier molecular flexibility index (Phi) is 3.91. The molecule has 2 nitrogen and oxygen atoms in total. The van der Waals surface area contributed by atoms with Crippen LogP contribution in [0.5, 0.6) is 0 Å². The molecular formula is C25H31NO. The molecule has 142 valence electrons. The average molecular weight is 362 g/mol. The van der Waals surface area contributed by atoms with Crippen molar-refractivity contribution >= 4 is 5.69 Å². The van der Waals surface area contributed by atoms with Gasteiger partial charge in [-0.25, -0.2) is 0 Å². The highest BCUT2D eigenvalue weighted by Crippen LogP contribution is 2.65. The maximum atomic E-state index is 6.44. The van der Waals surface area contributed by atoms with Crippen LogP contribution < -0.4 is 5.32 Å². The van der Waals surface area contributed by atoms with Gasteiger partial charge in [0.1, 0.15) is 5.60 Å². The third-order valence-electron chi connectivity index (χ3n) is 7.38. The van der Waals surface area contributed by atoms with Gasteiger partial charge in [-0.3, -0.25) is 0 Å². The van der Waals surface area contributed by atoms with Crippen LogP contribution in [0.4, 0.5) is 5.69 Å². The predicted molar refractivity (Wildman–Crippen MR) is 112 cm³/mol. The molecule has 3 aliphatic carbocycles. The molecule has 1 N–H and O–H groups in total. The summed E-state index contributed by atoms with van der Waals surface area (Å²) in [5.41, 5.74) is 7.91. The van der Waals surface area contributed by atoms with E-state index in [0.717, 1.165) is 13.0 Å². The fourth-order valence-corrected chi connectivity index (χ4v) is 5.70. The summed E-state index contributed by atoms with van der Waals surface area (Å²) in [4.78, 5) is 0. The molecule has 1 aromatic carbocycles. The number of benzene rings is 1. The van der Waals surface area contributed by atoms with Crippen molar-refractivity contribution in [2.45, 2.75) is 64.6 Å². The summed E-state index contributed by atoms with van der Waals surface area (Å²) in [6, 6.07) is 10.5. The molecule has 3 atom stereocenters. The molecule has 1 saturated heterocycles. The number of para-hydroxylation sites is 1. The summed E-state index contributed by atoms with van der Waals surface area (Å²) in [5, 5.41) is 3.58. The lowest BCUT2D eigenvalue weighted by molar-refractivity contribution is 0.235. The van der Waals surface area contributed by atoms with E-state index in [4.69, 9.17) is 4.74 Å². The second-order valence-corrected chi connectivity index (χ2v) is 9.44. The Balaban J connectivity index is 1.46. The highest BCUT2D eigenvalue weighted by Gasteiger charge is 2.64. The zero-order valence-electron chi connectivity index (χ0n) is 16.8. The molecule has 1 heterocycles. The Labute approximate surface area is 163 Å². The van der Waals surface area contributed by atoms with Gasteiger partial charge in [0.05, 0.1) is 6.10 Å². The smallest absolute Gasteiger partial charge is 0.120 e. The Morgan fingerprint density at radius 3 is 2.70 bits per heavy atom. The lowest BCUT2D eigenvalue weighted by Crippen LogP contribution is -2.34. The Hall–Kier alpha value is -1.80. The van der Waals surface area contributed by atoms with Gasteiger partial charge in [0.2, 0.25) is 0 Å². The molecule has 0 radical (unpaired) electrons. The van der Waals surface area contributed by atoms with Crippen molar-refractivity contribution < 1.29 is 4.74 Å². The molecule has 0 unspecified atom stereocenters. The van der Waals surface area contributed by atoms with E-state index in [0.29, 0.717) is 17.4 Å². The molecule has 2 fully saturated rings. The molecule has 1 spiro atoms. The quantitative estimate of drug-likeness (QED) is 0.661. The zero-order chi connectivity index (χ0) is 18.6. The maximum Gasteiger partial charge on any atom is 0.120 e. The molecule has 2 heteroatoms. The van der Waals surface area contributed by atoms with Gasteiger partial charge in [0, 0.05) is 12.2 Å². The van der Waals surface area contributed by atoms with Gasteiger partial charge in [0.15, 0.2) is 0 Å². The zero-order valence-corrected chi connectivity index (χ0v) is 16.8. The van der Waals surface area contributed by atoms with E-state index in [9.17, 15) is 0 Å². The second-order valence-electron chi connectivity index (χ2n) is 9.44. The average Bonchev–Trinajstić information content (AvgIpc) is 3.25. The van der Waals surface area contributed by atoms with Crippen molar-refractivity contribution in [1.29, 1.82) is 0 Å². The second kappa shape index (κ2) is 6.10. The molecule has 4 aliphatic rings. The third-order valence-corrected chi connectivity index (χ3v) is 7.38. The monoisotopic (exact) mass is 361 g/mol. The number of anilines is 1. The van der Waals surface area contributed by atoms with Crippen molar-refractivity contribution in [2.75, 3.05) is 11.9 Å². The van der Waals surface area contributed by atoms with E-state index in [-0.39, 0.29) is 5.60 Å². The van der Waals surface area contributed by atoms with Crippen LogP contribution in [0, 0.1) is 11.3 Å². The molecular weight excluding hydrogens is 330 g/mol. The molecule has 1 saturated carbocycles. The summed E-state index contributed by atoms with van der Waals surface area (Å²) in [6.45, 7) is 8.12. The van der Waals surface area contributed by atoms with E-state index < -0.39 is 0 Å². The van der Waals surface area contributed by atoms with Crippen LogP contribution in [0.25, 0.3) is 0 Å². The third kappa shape index (κ3) is 2.72. The number of nitrogens with one attached hydrogen (secondary N) is 1. The highest BCUT2D eigenvalue weighted by atomic mass is 16.6. The summed E-state index contributed by atoms with van der Waals surface area (Å²) in [7, 11) is 0. The molecule has 0 amide bonds. The van der Waals surface area contributed by atoms with Crippen LogP contribution >= 0.6 is 0 Å². The summed E-state index contributed by atoms with van der Waals surface area (Å²) in [5.74, 6) is 0.640. The number of hydrogen-bond acceptors (Lipinski definition) is 2. The standard InChI is InChI=1S/C25H31NO/c1-17(2)20-11-12-24(3)13-14-25-21(23(20)24)10-9-18(15-22(25)27-25)16-26-19-7-5-4-6-8-19/h4-10,17,22,26H,11-16H2,1-3H3/t22-,24+,25-/m0/s1. The van der Waals surface area contributed by atoms with Gasteiger partial charge < -0.3 is 10.1 Å². The van der Waals surface area contributed by atoms with Crippen LogP contribution in [0.1, 0.15) is 52.9 Å². The van der Waals surface area contributed by atoms with Crippen molar-refractivity contribution in [1.82, 2.24) is 0 Å². The van der Waals surface area contributed by atoms with E-state index in [1.807, 2.05) is 0 Å². The van der Waals surface area contributed by atoms with Gasteiger partial charge in [-0.15, -0.1) is 0 Å². The normalized spacial score (nSPS) is 34.3. The summed E-state index contributed by atoms with van der Waals surface area (Å²) < 4.78 is 6.44. The van der Waals surface area contributed by atoms with E-state index >= 15 is 0 Å². The van der Waals surface area contributed by atoms with Crippen molar-refractivity contribution in [3.05, 3.63) is 64.8 Å². The fourth-order valence-electron chi connectivity index (χ4n) is 5.70. The van der Waals surface area contributed by atoms with E-state index in [2.05, 4.69) is 68.6 Å². The van der Waals surface area contributed by atoms with Gasteiger partial charge in [0.25, 0.3) is 0 Å². The molecule has 0 aromatic heterocycles. The van der Waals surface area contributed by atoms with Crippen LogP contribution in [0.15, 0.2) is 64.8 Å². The van der Waals surface area contributed by atoms with Crippen LogP contribution in [-0.4, -0.2) is 18.2 Å². The van der Waals surface area contributed by atoms with Crippen LogP contribution in [-0.2, 0) is 4.74 Å². The fraction of sp³-hybridized carbons (Fsp3) is 0.520. The lowest BCUT2D eigenvalue weighted by atomic mass is 9.64. The topological polar surface area (TPSA) is 24.6 Å². The first kappa shape index (κ1) is 17.3. The number of allylic oxidation sites excluding steroid dienone is 3. The largest absolute Gasteiger partial charge is 0.381 e. The van der Waals surface area contributed by atoms with E-state index in [1.54, 1.807) is 11.1 Å². The van der Waals surface area contributed by atoms with Crippen molar-refractivity contribution in [2.24, 2.45) is 11.3 Å². The molecule has 5 rings (SSSR count). The van der Waals surface area contributed by atoms with Gasteiger partial charge in [-0.1, -0.05) is 56.7 Å². The predicted octanol–water partition coefficient (Wildman–Crippen LogP) is 6.04. The summed E-state index contributed by atoms with van der Waals surface area (Å²) in [6.07, 6.45) is 11.3. The van der Waals surface area contributed by atoms with Gasteiger partial charge in [-0.2, -0.15) is 0 Å². The molecule has 0 bridgehead atoms. The minimum atomic E-state index is 0.0182. The molecule has 1 aliphatic heterocycles. The number of hydrogen-bond donors (Lipinski definition) is 1. The minimum absolute atomic E-state index is 0.0182. The lowest BCUT2D eigenvalue weighted by Gasteiger charge is -2.39. The van der Waals surface area contributed by atoms with Crippen LogP contribution in [0.3, 0.4) is 0 Å².